The number of rotatable bonds is 7. The first-order chi connectivity index (χ1) is 14.3. The number of pyridine rings is 1. The minimum Gasteiger partial charge on any atom is -0.484 e. The highest BCUT2D eigenvalue weighted by atomic mass is 16.5. The smallest absolute Gasteiger partial charge is 0.287 e. The van der Waals surface area contributed by atoms with E-state index in [2.05, 4.69) is 20.4 Å². The van der Waals surface area contributed by atoms with E-state index >= 15 is 0 Å². The minimum absolute atomic E-state index is 0.153. The number of ether oxygens (including phenoxy) is 1. The van der Waals surface area contributed by atoms with E-state index in [0.717, 1.165) is 11.1 Å². The van der Waals surface area contributed by atoms with Crippen LogP contribution in [0.5, 0.6) is 5.75 Å². The molecule has 7 nitrogen and oxygen atoms in total. The number of para-hydroxylation sites is 1. The van der Waals surface area contributed by atoms with Crippen LogP contribution in [0.3, 0.4) is 0 Å². The molecule has 0 fully saturated rings. The molecule has 0 saturated heterocycles. The van der Waals surface area contributed by atoms with E-state index in [9.17, 15) is 4.79 Å². The highest BCUT2D eigenvalue weighted by Gasteiger charge is 2.18. The van der Waals surface area contributed by atoms with Gasteiger partial charge in [-0.05, 0) is 29.8 Å². The molecule has 0 aliphatic rings. The highest BCUT2D eigenvalue weighted by Crippen LogP contribution is 2.18. The highest BCUT2D eigenvalue weighted by molar-refractivity contribution is 5.82. The zero-order valence-electron chi connectivity index (χ0n) is 15.6. The maximum Gasteiger partial charge on any atom is 0.287 e. The molecule has 0 unspecified atom stereocenters. The molecule has 0 amide bonds. The summed E-state index contributed by atoms with van der Waals surface area (Å²) in [4.78, 5) is 21.4. The van der Waals surface area contributed by atoms with Crippen molar-refractivity contribution in [3.8, 4) is 17.1 Å². The molecular formula is C22H19N5O2. The van der Waals surface area contributed by atoms with Gasteiger partial charge in [0.1, 0.15) is 5.75 Å². The van der Waals surface area contributed by atoms with Crippen LogP contribution >= 0.6 is 0 Å². The van der Waals surface area contributed by atoms with Gasteiger partial charge >= 0.3 is 0 Å². The second kappa shape index (κ2) is 8.79. The number of nitrogens with one attached hydrogen (secondary N) is 1. The number of nitrogens with zero attached hydrogens (tertiary/aromatic N) is 4. The van der Waals surface area contributed by atoms with Crippen LogP contribution in [0, 0.1) is 0 Å². The fraction of sp³-hybridized carbons (Fsp3) is 0.0909. The van der Waals surface area contributed by atoms with Crippen LogP contribution in [0.2, 0.25) is 0 Å². The monoisotopic (exact) mass is 385 g/mol. The summed E-state index contributed by atoms with van der Waals surface area (Å²) in [5.41, 5.74) is 1.80. The summed E-state index contributed by atoms with van der Waals surface area (Å²) in [5.74, 6) is 1.07. The van der Waals surface area contributed by atoms with E-state index < -0.39 is 0 Å². The van der Waals surface area contributed by atoms with Crippen LogP contribution in [0.1, 0.15) is 10.4 Å². The average molecular weight is 385 g/mol. The van der Waals surface area contributed by atoms with Crippen molar-refractivity contribution in [3.05, 3.63) is 90.8 Å². The summed E-state index contributed by atoms with van der Waals surface area (Å²) >= 11 is 0. The van der Waals surface area contributed by atoms with Crippen LogP contribution in [-0.4, -0.2) is 32.3 Å². The number of carbonyl (C=O) groups is 1. The molecule has 0 bridgehead atoms. The summed E-state index contributed by atoms with van der Waals surface area (Å²) in [6.45, 7) is 0.360. The van der Waals surface area contributed by atoms with E-state index in [1.165, 1.54) is 4.68 Å². The van der Waals surface area contributed by atoms with Gasteiger partial charge in [0, 0.05) is 24.5 Å². The number of aromatic nitrogens is 4. The molecule has 0 saturated carbocycles. The van der Waals surface area contributed by atoms with Crippen molar-refractivity contribution in [1.82, 2.24) is 19.7 Å². The van der Waals surface area contributed by atoms with Crippen molar-refractivity contribution in [2.75, 3.05) is 11.9 Å². The first kappa shape index (κ1) is 18.4. The second-order valence-electron chi connectivity index (χ2n) is 6.25. The van der Waals surface area contributed by atoms with Crippen molar-refractivity contribution in [3.63, 3.8) is 0 Å². The van der Waals surface area contributed by atoms with Crippen molar-refractivity contribution < 1.29 is 9.53 Å². The van der Waals surface area contributed by atoms with Crippen LogP contribution in [0.25, 0.3) is 11.4 Å². The summed E-state index contributed by atoms with van der Waals surface area (Å²) in [6.07, 6.45) is 3.33. The Bertz CT molecular complexity index is 1070. The van der Waals surface area contributed by atoms with Gasteiger partial charge < -0.3 is 10.1 Å². The fourth-order valence-corrected chi connectivity index (χ4v) is 2.72. The lowest BCUT2D eigenvalue weighted by molar-refractivity contribution is 0.0824. The number of carbonyl (C=O) groups excluding carboxylic acids is 1. The Kier molecular flexibility index (Phi) is 5.57. The standard InChI is InChI=1S/C22H19N5O2/c28-20(16-29-19-11-5-2-6-12-19)27-22(24-14-17-8-3-1-4-9-17)25-21(26-27)18-10-7-13-23-15-18/h1-13,15H,14,16H2,(H,24,25,26). The maximum atomic E-state index is 12.8. The molecule has 0 aliphatic heterocycles. The molecule has 7 heteroatoms. The molecule has 0 aliphatic carbocycles. The lowest BCUT2D eigenvalue weighted by Gasteiger charge is -2.08. The summed E-state index contributed by atoms with van der Waals surface area (Å²) in [6, 6.07) is 22.7. The normalized spacial score (nSPS) is 10.5. The Balaban J connectivity index is 1.56. The number of benzene rings is 2. The predicted octanol–water partition coefficient (Wildman–Crippen LogP) is 3.67. The molecule has 0 atom stereocenters. The van der Waals surface area contributed by atoms with Gasteiger partial charge in [0.25, 0.3) is 5.91 Å². The van der Waals surface area contributed by atoms with Gasteiger partial charge in [-0.25, -0.2) is 0 Å². The molecule has 2 heterocycles. The third kappa shape index (κ3) is 4.65. The fourth-order valence-electron chi connectivity index (χ4n) is 2.72. The van der Waals surface area contributed by atoms with Gasteiger partial charge in [0.05, 0.1) is 0 Å². The first-order valence-electron chi connectivity index (χ1n) is 9.16. The lowest BCUT2D eigenvalue weighted by atomic mass is 10.2. The lowest BCUT2D eigenvalue weighted by Crippen LogP contribution is -2.22. The van der Waals surface area contributed by atoms with Crippen molar-refractivity contribution in [2.45, 2.75) is 6.54 Å². The first-order valence-corrected chi connectivity index (χ1v) is 9.16. The van der Waals surface area contributed by atoms with Crippen molar-refractivity contribution >= 4 is 11.9 Å². The molecule has 1 N–H and O–H groups in total. The van der Waals surface area contributed by atoms with Gasteiger partial charge in [-0.2, -0.15) is 9.67 Å². The summed E-state index contributed by atoms with van der Waals surface area (Å²) in [5, 5.41) is 7.57. The van der Waals surface area contributed by atoms with Crippen LogP contribution < -0.4 is 10.1 Å². The Morgan fingerprint density at radius 1 is 0.966 bits per heavy atom. The molecular weight excluding hydrogens is 366 g/mol. The molecule has 29 heavy (non-hydrogen) atoms. The quantitative estimate of drug-likeness (QED) is 0.523. The van der Waals surface area contributed by atoms with Gasteiger partial charge in [-0.1, -0.05) is 48.5 Å². The van der Waals surface area contributed by atoms with Crippen LogP contribution in [-0.2, 0) is 6.54 Å². The molecule has 0 radical (unpaired) electrons. The summed E-state index contributed by atoms with van der Waals surface area (Å²) < 4.78 is 6.82. The summed E-state index contributed by atoms with van der Waals surface area (Å²) in [7, 11) is 0. The van der Waals surface area contributed by atoms with E-state index in [-0.39, 0.29) is 12.5 Å². The van der Waals surface area contributed by atoms with Crippen LogP contribution in [0.15, 0.2) is 85.2 Å². The van der Waals surface area contributed by atoms with Gasteiger partial charge in [-0.3, -0.25) is 9.78 Å². The van der Waals surface area contributed by atoms with Crippen molar-refractivity contribution in [2.24, 2.45) is 0 Å². The average Bonchev–Trinajstić information content (AvgIpc) is 3.22. The van der Waals surface area contributed by atoms with Gasteiger partial charge in [0.15, 0.2) is 12.4 Å². The zero-order valence-corrected chi connectivity index (χ0v) is 15.6. The topological polar surface area (TPSA) is 81.9 Å². The number of hydrogen-bond donors (Lipinski definition) is 1. The number of hydrogen-bond acceptors (Lipinski definition) is 6. The van der Waals surface area contributed by atoms with Gasteiger partial charge in [-0.15, -0.1) is 5.10 Å². The van der Waals surface area contributed by atoms with E-state index in [1.54, 1.807) is 30.6 Å². The predicted molar refractivity (Wildman–Crippen MR) is 110 cm³/mol. The molecule has 4 rings (SSSR count). The molecule has 4 aromatic rings. The molecule has 0 spiro atoms. The molecule has 144 valence electrons. The molecule has 2 aromatic carbocycles. The number of anilines is 1. The minimum atomic E-state index is -0.327. The second-order valence-corrected chi connectivity index (χ2v) is 6.25. The third-order valence-corrected chi connectivity index (χ3v) is 4.16. The zero-order chi connectivity index (χ0) is 19.9. The van der Waals surface area contributed by atoms with E-state index in [1.807, 2.05) is 54.6 Å². The Labute approximate surface area is 168 Å². The Morgan fingerprint density at radius 3 is 2.45 bits per heavy atom. The van der Waals surface area contributed by atoms with E-state index in [0.29, 0.717) is 24.1 Å². The Hall–Kier alpha value is -4.00. The SMILES string of the molecule is O=C(COc1ccccc1)n1nc(-c2cccnc2)nc1NCc1ccccc1. The van der Waals surface area contributed by atoms with Crippen molar-refractivity contribution in [1.29, 1.82) is 0 Å². The van der Waals surface area contributed by atoms with E-state index in [4.69, 9.17) is 4.74 Å². The van der Waals surface area contributed by atoms with Gasteiger partial charge in [0.2, 0.25) is 5.95 Å². The molecule has 2 aromatic heterocycles. The largest absolute Gasteiger partial charge is 0.484 e. The maximum absolute atomic E-state index is 12.8. The third-order valence-electron chi connectivity index (χ3n) is 4.16. The Morgan fingerprint density at radius 2 is 1.72 bits per heavy atom. The van der Waals surface area contributed by atoms with Crippen LogP contribution in [0.4, 0.5) is 5.95 Å².